The Labute approximate surface area is 112 Å². The van der Waals surface area contributed by atoms with Gasteiger partial charge in [-0.05, 0) is 12.8 Å². The highest BCUT2D eigenvalue weighted by Gasteiger charge is 2.40. The Bertz CT molecular complexity index is 588. The van der Waals surface area contributed by atoms with Crippen molar-refractivity contribution in [3.63, 3.8) is 0 Å². The highest BCUT2D eigenvalue weighted by atomic mass is 16.3. The zero-order valence-corrected chi connectivity index (χ0v) is 11.4. The lowest BCUT2D eigenvalue weighted by molar-refractivity contribution is 0.00782. The molecule has 2 aromatic heterocycles. The first-order chi connectivity index (χ1) is 9.15. The molecule has 0 spiro atoms. The molecule has 0 radical (unpaired) electrons. The lowest BCUT2D eigenvalue weighted by Gasteiger charge is -2.47. The summed E-state index contributed by atoms with van der Waals surface area (Å²) in [4.78, 5) is 10.8. The second-order valence-corrected chi connectivity index (χ2v) is 5.26. The van der Waals surface area contributed by atoms with Gasteiger partial charge in [-0.15, -0.1) is 0 Å². The van der Waals surface area contributed by atoms with Gasteiger partial charge in [0.2, 0.25) is 0 Å². The van der Waals surface area contributed by atoms with E-state index in [0.29, 0.717) is 18.9 Å². The van der Waals surface area contributed by atoms with Gasteiger partial charge in [-0.2, -0.15) is 14.6 Å². The van der Waals surface area contributed by atoms with Crippen LogP contribution in [-0.4, -0.2) is 43.4 Å². The van der Waals surface area contributed by atoms with E-state index in [1.54, 1.807) is 4.52 Å². The van der Waals surface area contributed by atoms with Crippen molar-refractivity contribution in [1.29, 1.82) is 0 Å². The molecule has 6 nitrogen and oxygen atoms in total. The molecular formula is C13H19N5O. The minimum absolute atomic E-state index is 0.554. The molecule has 3 rings (SSSR count). The predicted molar refractivity (Wildman–Crippen MR) is 72.2 cm³/mol. The molecular weight excluding hydrogens is 242 g/mol. The number of aliphatic hydroxyl groups is 1. The van der Waals surface area contributed by atoms with Gasteiger partial charge in [0.1, 0.15) is 12.1 Å². The number of nitrogens with zero attached hydrogens (tertiary/aromatic N) is 5. The van der Waals surface area contributed by atoms with Crippen LogP contribution in [0.5, 0.6) is 0 Å². The van der Waals surface area contributed by atoms with Gasteiger partial charge in [0.25, 0.3) is 5.78 Å². The normalized spacial score (nSPS) is 17.7. The summed E-state index contributed by atoms with van der Waals surface area (Å²) in [7, 11) is 0. The van der Waals surface area contributed by atoms with E-state index in [0.717, 1.165) is 30.8 Å². The average Bonchev–Trinajstić information content (AvgIpc) is 2.82. The third kappa shape index (κ3) is 2.06. The van der Waals surface area contributed by atoms with E-state index >= 15 is 0 Å². The predicted octanol–water partition coefficient (Wildman–Crippen LogP) is 1.04. The molecule has 19 heavy (non-hydrogen) atoms. The molecule has 3 heterocycles. The van der Waals surface area contributed by atoms with E-state index in [1.165, 1.54) is 6.33 Å². The van der Waals surface area contributed by atoms with Crippen molar-refractivity contribution in [1.82, 2.24) is 19.6 Å². The molecule has 1 fully saturated rings. The Morgan fingerprint density at radius 1 is 1.37 bits per heavy atom. The summed E-state index contributed by atoms with van der Waals surface area (Å²) >= 11 is 0. The van der Waals surface area contributed by atoms with Crippen molar-refractivity contribution in [3.05, 3.63) is 18.1 Å². The number of fused-ring (bicyclic) bond motifs is 1. The van der Waals surface area contributed by atoms with Crippen molar-refractivity contribution < 1.29 is 5.11 Å². The lowest BCUT2D eigenvalue weighted by Crippen LogP contribution is -2.62. The van der Waals surface area contributed by atoms with Crippen LogP contribution in [0, 0.1) is 0 Å². The molecule has 0 aromatic carbocycles. The van der Waals surface area contributed by atoms with Crippen LogP contribution < -0.4 is 4.90 Å². The number of aryl methyl sites for hydroxylation is 1. The summed E-state index contributed by atoms with van der Waals surface area (Å²) in [5.74, 6) is 1.61. The zero-order chi connectivity index (χ0) is 13.5. The standard InChI is InChI=1S/C13H19N5O/c1-3-5-10-6-11(17-7-13(19,4-2)8-17)18-12(16-10)14-9-15-18/h6,9,19H,3-5,7-8H2,1-2H3. The molecule has 0 atom stereocenters. The minimum atomic E-state index is -0.554. The number of β-amino-alcohol motifs (C(OH)–C–C–N with tert-alkyl or cyclic N) is 1. The summed E-state index contributed by atoms with van der Waals surface area (Å²) in [6, 6.07) is 2.06. The molecule has 1 aliphatic heterocycles. The van der Waals surface area contributed by atoms with Crippen LogP contribution in [0.1, 0.15) is 32.4 Å². The first-order valence-electron chi connectivity index (χ1n) is 6.82. The first kappa shape index (κ1) is 12.3. The monoisotopic (exact) mass is 261 g/mol. The van der Waals surface area contributed by atoms with Gasteiger partial charge in [0, 0.05) is 24.8 Å². The van der Waals surface area contributed by atoms with Gasteiger partial charge in [0.15, 0.2) is 0 Å². The van der Waals surface area contributed by atoms with Crippen molar-refractivity contribution in [2.24, 2.45) is 0 Å². The molecule has 6 heteroatoms. The van der Waals surface area contributed by atoms with Crippen LogP contribution in [-0.2, 0) is 6.42 Å². The Morgan fingerprint density at radius 2 is 2.16 bits per heavy atom. The number of hydrogen-bond donors (Lipinski definition) is 1. The number of hydrogen-bond acceptors (Lipinski definition) is 5. The topological polar surface area (TPSA) is 66.5 Å². The van der Waals surface area contributed by atoms with Crippen molar-refractivity contribution in [2.45, 2.75) is 38.7 Å². The van der Waals surface area contributed by atoms with Crippen molar-refractivity contribution in [3.8, 4) is 0 Å². The van der Waals surface area contributed by atoms with Gasteiger partial charge in [0.05, 0.1) is 5.60 Å². The maximum atomic E-state index is 10.1. The number of anilines is 1. The largest absolute Gasteiger partial charge is 0.386 e. The third-order valence-electron chi connectivity index (χ3n) is 3.74. The SMILES string of the molecule is CCCc1cc(N2CC(O)(CC)C2)n2ncnc2n1. The van der Waals surface area contributed by atoms with Gasteiger partial charge < -0.3 is 10.0 Å². The minimum Gasteiger partial charge on any atom is -0.386 e. The van der Waals surface area contributed by atoms with E-state index < -0.39 is 5.60 Å². The summed E-state index contributed by atoms with van der Waals surface area (Å²) in [5.41, 5.74) is 0.478. The summed E-state index contributed by atoms with van der Waals surface area (Å²) < 4.78 is 1.74. The Morgan fingerprint density at radius 3 is 2.84 bits per heavy atom. The molecule has 0 amide bonds. The molecule has 1 saturated heterocycles. The molecule has 102 valence electrons. The third-order valence-corrected chi connectivity index (χ3v) is 3.74. The van der Waals surface area contributed by atoms with Crippen LogP contribution in [0.4, 0.5) is 5.82 Å². The lowest BCUT2D eigenvalue weighted by atomic mass is 9.91. The van der Waals surface area contributed by atoms with E-state index in [4.69, 9.17) is 0 Å². The Balaban J connectivity index is 1.96. The molecule has 1 N–H and O–H groups in total. The van der Waals surface area contributed by atoms with E-state index in [-0.39, 0.29) is 0 Å². The summed E-state index contributed by atoms with van der Waals surface area (Å²) in [6.45, 7) is 5.44. The summed E-state index contributed by atoms with van der Waals surface area (Å²) in [5, 5.41) is 14.4. The van der Waals surface area contributed by atoms with Gasteiger partial charge in [-0.3, -0.25) is 0 Å². The Kier molecular flexibility index (Phi) is 2.89. The fourth-order valence-corrected chi connectivity index (χ4v) is 2.50. The Hall–Kier alpha value is -1.69. The van der Waals surface area contributed by atoms with Crippen LogP contribution in [0.2, 0.25) is 0 Å². The molecule has 2 aromatic rings. The maximum absolute atomic E-state index is 10.1. The van der Waals surface area contributed by atoms with Crippen LogP contribution in [0.3, 0.4) is 0 Å². The smallest absolute Gasteiger partial charge is 0.254 e. The highest BCUT2D eigenvalue weighted by molar-refractivity contribution is 5.50. The average molecular weight is 261 g/mol. The van der Waals surface area contributed by atoms with Crippen LogP contribution in [0.15, 0.2) is 12.4 Å². The van der Waals surface area contributed by atoms with E-state index in [2.05, 4.69) is 33.0 Å². The summed E-state index contributed by atoms with van der Waals surface area (Å²) in [6.07, 6.45) is 4.28. The van der Waals surface area contributed by atoms with Gasteiger partial charge >= 0.3 is 0 Å². The number of rotatable bonds is 4. The first-order valence-corrected chi connectivity index (χ1v) is 6.82. The van der Waals surface area contributed by atoms with E-state index in [9.17, 15) is 5.11 Å². The molecule has 1 aliphatic rings. The number of aromatic nitrogens is 4. The van der Waals surface area contributed by atoms with E-state index in [1.807, 2.05) is 6.92 Å². The second-order valence-electron chi connectivity index (χ2n) is 5.26. The van der Waals surface area contributed by atoms with Gasteiger partial charge in [-0.25, -0.2) is 4.98 Å². The zero-order valence-electron chi connectivity index (χ0n) is 11.4. The van der Waals surface area contributed by atoms with Crippen LogP contribution >= 0.6 is 0 Å². The quantitative estimate of drug-likeness (QED) is 0.890. The van der Waals surface area contributed by atoms with Crippen LogP contribution in [0.25, 0.3) is 5.78 Å². The fraction of sp³-hybridized carbons (Fsp3) is 0.615. The van der Waals surface area contributed by atoms with Crippen molar-refractivity contribution >= 4 is 11.6 Å². The fourth-order valence-electron chi connectivity index (χ4n) is 2.50. The maximum Gasteiger partial charge on any atom is 0.254 e. The second kappa shape index (κ2) is 4.45. The van der Waals surface area contributed by atoms with Crippen molar-refractivity contribution in [2.75, 3.05) is 18.0 Å². The van der Waals surface area contributed by atoms with Gasteiger partial charge in [-0.1, -0.05) is 20.3 Å². The molecule has 0 unspecified atom stereocenters. The molecule has 0 aliphatic carbocycles. The molecule has 0 saturated carbocycles. The molecule has 0 bridgehead atoms. The highest BCUT2D eigenvalue weighted by Crippen LogP contribution is 2.30.